The van der Waals surface area contributed by atoms with Crippen LogP contribution in [-0.4, -0.2) is 36.7 Å². The summed E-state index contributed by atoms with van der Waals surface area (Å²) in [7, 11) is 0. The molecule has 0 radical (unpaired) electrons. The maximum absolute atomic E-state index is 6.25. The highest BCUT2D eigenvalue weighted by Crippen LogP contribution is 2.32. The molecule has 0 aromatic heterocycles. The molecule has 20 heavy (non-hydrogen) atoms. The Kier molecular flexibility index (Phi) is 5.04. The second-order valence-corrected chi connectivity index (χ2v) is 6.27. The summed E-state index contributed by atoms with van der Waals surface area (Å²) < 4.78 is 5.43. The molecule has 0 amide bonds. The molecule has 0 spiro atoms. The van der Waals surface area contributed by atoms with E-state index >= 15 is 0 Å². The number of nitrogens with two attached hydrogens (primary N) is 1. The first-order valence-electron chi connectivity index (χ1n) is 7.02. The van der Waals surface area contributed by atoms with Crippen molar-refractivity contribution >= 4 is 11.6 Å². The highest BCUT2D eigenvalue weighted by atomic mass is 35.5. The van der Waals surface area contributed by atoms with Gasteiger partial charge in [0, 0.05) is 23.7 Å². The maximum Gasteiger partial charge on any atom is 0.0639 e. The van der Waals surface area contributed by atoms with E-state index in [0.29, 0.717) is 0 Å². The molecule has 0 aliphatic carbocycles. The molecule has 2 rings (SSSR count). The highest BCUT2D eigenvalue weighted by Gasteiger charge is 2.36. The SMILES string of the molecule is Cc1ccc(C(NN)C(C)(C)N2CCOCC2)cc1Cl. The van der Waals surface area contributed by atoms with E-state index in [1.54, 1.807) is 0 Å². The summed E-state index contributed by atoms with van der Waals surface area (Å²) in [5.74, 6) is 5.83. The van der Waals surface area contributed by atoms with Crippen LogP contribution in [0.1, 0.15) is 31.0 Å². The molecule has 0 bridgehead atoms. The fraction of sp³-hybridized carbons (Fsp3) is 0.600. The molecule has 1 atom stereocenters. The van der Waals surface area contributed by atoms with Crippen molar-refractivity contribution in [3.8, 4) is 0 Å². The van der Waals surface area contributed by atoms with Crippen molar-refractivity contribution in [1.29, 1.82) is 0 Å². The van der Waals surface area contributed by atoms with Crippen LogP contribution in [0.4, 0.5) is 0 Å². The zero-order valence-electron chi connectivity index (χ0n) is 12.4. The number of benzene rings is 1. The lowest BCUT2D eigenvalue weighted by Crippen LogP contribution is -2.57. The Morgan fingerprint density at radius 1 is 1.35 bits per heavy atom. The molecule has 0 saturated carbocycles. The molecule has 1 aliphatic rings. The Balaban J connectivity index is 2.27. The minimum Gasteiger partial charge on any atom is -0.379 e. The summed E-state index contributed by atoms with van der Waals surface area (Å²) in [5.41, 5.74) is 5.04. The molecule has 5 heteroatoms. The van der Waals surface area contributed by atoms with Crippen LogP contribution in [0.5, 0.6) is 0 Å². The third kappa shape index (κ3) is 3.15. The zero-order valence-corrected chi connectivity index (χ0v) is 13.2. The molecule has 1 aromatic rings. The monoisotopic (exact) mass is 297 g/mol. The summed E-state index contributed by atoms with van der Waals surface area (Å²) in [4.78, 5) is 2.41. The average molecular weight is 298 g/mol. The van der Waals surface area contributed by atoms with Gasteiger partial charge in [-0.25, -0.2) is 0 Å². The highest BCUT2D eigenvalue weighted by molar-refractivity contribution is 6.31. The summed E-state index contributed by atoms with van der Waals surface area (Å²) in [6.07, 6.45) is 0. The Labute approximate surface area is 126 Å². The van der Waals surface area contributed by atoms with E-state index in [1.807, 2.05) is 19.1 Å². The summed E-state index contributed by atoms with van der Waals surface area (Å²) in [5, 5.41) is 0.778. The average Bonchev–Trinajstić information content (AvgIpc) is 2.44. The van der Waals surface area contributed by atoms with Gasteiger partial charge in [0.1, 0.15) is 0 Å². The minimum atomic E-state index is -0.114. The number of rotatable bonds is 4. The quantitative estimate of drug-likeness (QED) is 0.661. The Hall–Kier alpha value is -0.650. The second-order valence-electron chi connectivity index (χ2n) is 5.86. The largest absolute Gasteiger partial charge is 0.379 e. The Morgan fingerprint density at radius 2 is 2.00 bits per heavy atom. The van der Waals surface area contributed by atoms with Crippen molar-refractivity contribution in [2.45, 2.75) is 32.4 Å². The van der Waals surface area contributed by atoms with Gasteiger partial charge in [0.15, 0.2) is 0 Å². The molecular formula is C15H24ClN3O. The van der Waals surface area contributed by atoms with Crippen LogP contribution >= 0.6 is 11.6 Å². The first kappa shape index (κ1) is 15.7. The number of halogens is 1. The van der Waals surface area contributed by atoms with Gasteiger partial charge in [-0.3, -0.25) is 16.2 Å². The number of hydrogen-bond donors (Lipinski definition) is 2. The lowest BCUT2D eigenvalue weighted by Gasteiger charge is -2.45. The minimum absolute atomic E-state index is 0.0127. The summed E-state index contributed by atoms with van der Waals surface area (Å²) in [6, 6.07) is 6.15. The molecule has 112 valence electrons. The van der Waals surface area contributed by atoms with Crippen LogP contribution in [0.15, 0.2) is 18.2 Å². The van der Waals surface area contributed by atoms with Gasteiger partial charge in [-0.2, -0.15) is 0 Å². The lowest BCUT2D eigenvalue weighted by atomic mass is 9.86. The molecule has 3 N–H and O–H groups in total. The third-order valence-corrected chi connectivity index (χ3v) is 4.64. The van der Waals surface area contributed by atoms with Gasteiger partial charge in [-0.1, -0.05) is 23.7 Å². The van der Waals surface area contributed by atoms with Crippen molar-refractivity contribution in [2.75, 3.05) is 26.3 Å². The number of hydrogen-bond acceptors (Lipinski definition) is 4. The fourth-order valence-corrected chi connectivity index (χ4v) is 3.01. The van der Waals surface area contributed by atoms with Crippen LogP contribution in [0.25, 0.3) is 0 Å². The van der Waals surface area contributed by atoms with E-state index in [1.165, 1.54) is 0 Å². The van der Waals surface area contributed by atoms with Gasteiger partial charge in [-0.05, 0) is 38.0 Å². The van der Waals surface area contributed by atoms with E-state index < -0.39 is 0 Å². The summed E-state index contributed by atoms with van der Waals surface area (Å²) in [6.45, 7) is 9.80. The first-order valence-corrected chi connectivity index (χ1v) is 7.39. The van der Waals surface area contributed by atoms with Gasteiger partial charge in [0.05, 0.1) is 19.3 Å². The van der Waals surface area contributed by atoms with Crippen LogP contribution in [0, 0.1) is 6.92 Å². The molecule has 1 aliphatic heterocycles. The molecule has 4 nitrogen and oxygen atoms in total. The van der Waals surface area contributed by atoms with Crippen LogP contribution in [0.2, 0.25) is 5.02 Å². The van der Waals surface area contributed by atoms with Gasteiger partial charge in [-0.15, -0.1) is 0 Å². The second kappa shape index (κ2) is 6.41. The molecule has 1 aromatic carbocycles. The molecule has 1 saturated heterocycles. The van der Waals surface area contributed by atoms with Gasteiger partial charge in [0.25, 0.3) is 0 Å². The van der Waals surface area contributed by atoms with E-state index in [-0.39, 0.29) is 11.6 Å². The van der Waals surface area contributed by atoms with Gasteiger partial charge < -0.3 is 4.74 Å². The number of hydrazine groups is 1. The maximum atomic E-state index is 6.25. The third-order valence-electron chi connectivity index (χ3n) is 4.23. The molecule has 1 unspecified atom stereocenters. The topological polar surface area (TPSA) is 50.5 Å². The predicted molar refractivity (Wildman–Crippen MR) is 82.7 cm³/mol. The van der Waals surface area contributed by atoms with Crippen LogP contribution < -0.4 is 11.3 Å². The van der Waals surface area contributed by atoms with E-state index in [0.717, 1.165) is 42.5 Å². The van der Waals surface area contributed by atoms with Crippen molar-refractivity contribution < 1.29 is 4.74 Å². The zero-order chi connectivity index (χ0) is 14.8. The number of aryl methyl sites for hydroxylation is 1. The Bertz CT molecular complexity index is 458. The fourth-order valence-electron chi connectivity index (χ4n) is 2.82. The van der Waals surface area contributed by atoms with Crippen LogP contribution in [0.3, 0.4) is 0 Å². The van der Waals surface area contributed by atoms with E-state index in [9.17, 15) is 0 Å². The molecular weight excluding hydrogens is 274 g/mol. The van der Waals surface area contributed by atoms with E-state index in [4.69, 9.17) is 22.2 Å². The van der Waals surface area contributed by atoms with Crippen molar-refractivity contribution in [2.24, 2.45) is 5.84 Å². The number of morpholine rings is 1. The van der Waals surface area contributed by atoms with Gasteiger partial charge in [0.2, 0.25) is 0 Å². The smallest absolute Gasteiger partial charge is 0.0639 e. The van der Waals surface area contributed by atoms with Crippen LogP contribution in [-0.2, 0) is 4.74 Å². The number of ether oxygens (including phenoxy) is 1. The molecule has 1 heterocycles. The van der Waals surface area contributed by atoms with E-state index in [2.05, 4.69) is 30.2 Å². The predicted octanol–water partition coefficient (Wildman–Crippen LogP) is 2.26. The van der Waals surface area contributed by atoms with Crippen molar-refractivity contribution in [3.05, 3.63) is 34.3 Å². The standard InChI is InChI=1S/C15H24ClN3O/c1-11-4-5-12(10-13(11)16)14(18-17)15(2,3)19-6-8-20-9-7-19/h4-5,10,14,18H,6-9,17H2,1-3H3. The number of nitrogens with one attached hydrogen (secondary N) is 1. The van der Waals surface area contributed by atoms with Crippen molar-refractivity contribution in [1.82, 2.24) is 10.3 Å². The number of nitrogens with zero attached hydrogens (tertiary/aromatic N) is 1. The normalized spacial score (nSPS) is 19.1. The Morgan fingerprint density at radius 3 is 2.55 bits per heavy atom. The molecule has 1 fully saturated rings. The van der Waals surface area contributed by atoms with Gasteiger partial charge >= 0.3 is 0 Å². The van der Waals surface area contributed by atoms with Crippen molar-refractivity contribution in [3.63, 3.8) is 0 Å². The first-order chi connectivity index (χ1) is 9.46. The summed E-state index contributed by atoms with van der Waals surface area (Å²) >= 11 is 6.25. The lowest BCUT2D eigenvalue weighted by molar-refractivity contribution is -0.0238.